The number of benzene rings is 5. The third-order valence-electron chi connectivity index (χ3n) is 18.4. The number of nitrogens with zero attached hydrogens (tertiary/aromatic N) is 25. The normalized spacial score (nSPS) is 11.1. The van der Waals surface area contributed by atoms with Crippen LogP contribution in [-0.4, -0.2) is 163 Å². The van der Waals surface area contributed by atoms with Gasteiger partial charge in [-0.2, -0.15) is 48.2 Å². The third-order valence-corrected chi connectivity index (χ3v) is 21.3. The summed E-state index contributed by atoms with van der Waals surface area (Å²) in [5.74, 6) is 1.56. The minimum atomic E-state index is -3.62. The van der Waals surface area contributed by atoms with Gasteiger partial charge >= 0.3 is 6.03 Å². The van der Waals surface area contributed by atoms with Crippen LogP contribution >= 0.6 is 22.7 Å². The summed E-state index contributed by atoms with van der Waals surface area (Å²) in [7, 11) is -1.93. The summed E-state index contributed by atoms with van der Waals surface area (Å²) in [5.41, 5.74) is 42.5. The number of imidazole rings is 2. The second-order valence-corrected chi connectivity index (χ2v) is 29.8. The highest BCUT2D eigenvalue weighted by Gasteiger charge is 2.20. The Labute approximate surface area is 708 Å². The second kappa shape index (κ2) is 36.0. The maximum Gasteiger partial charge on any atom is 0.323 e. The van der Waals surface area contributed by atoms with Crippen molar-refractivity contribution < 1.29 is 27.5 Å². The number of amides is 3. The number of nitrogens with one attached hydrogen (secondary N) is 4. The summed E-state index contributed by atoms with van der Waals surface area (Å²) in [4.78, 5) is 89.6. The lowest BCUT2D eigenvalue weighted by molar-refractivity contribution is 0.0935. The van der Waals surface area contributed by atoms with Gasteiger partial charge in [-0.15, -0.1) is 0 Å². The van der Waals surface area contributed by atoms with Crippen molar-refractivity contribution in [2.45, 2.75) is 18.4 Å². The standard InChI is InChI=1S/C17H17N7O.C17H13N7O.C16H13N7OS.C16H13N7O.C15H12N6O2S2/c1-25-6-5-23-9-15(21-11-23)12-3-2-4-13(7-12)24-17-14(8-22-24)16(18)19-10-20-17;18-15-13-9-22-24(16(13)21-10-20-15)12-6-4-11(5-7-12)23-17(25)14-3-1-2-8-19-14;17-14-13-7-20-23(15(13)19-9-18-14)12-3-1-2-10(6-12)21-16(24)22-11-4-5-25-8-11;1-10(24)22-7-14(20-9-22)11-3-2-4-12(5-11)23-16-13(6-21-23)15(17)18-8-19-16;16-14-13-7-19-21(15(13)18-9-17-14)11-3-1-2-10(6-11)20-25(22,23)12-4-5-24-8-12/h2-4,7-11H,5-6H2,1H3,(H2,18,19,20);1-10H,(H,23,25)(H2,18,20,21);1-9H,(H2,17,18,19)(H2,21,22,24);2-9H,1H3,(H2,17,18,19);1-9,20H,(H2,16,17,18). The van der Waals surface area contributed by atoms with Crippen LogP contribution in [0, 0.1) is 0 Å². The molecule has 0 radical (unpaired) electrons. The molecule has 15 aromatic heterocycles. The monoisotopic (exact) mass is 1710 g/mol. The SMILES string of the molecule is CC(=O)n1cnc(-c2cccc(-n3ncc4c(N)ncnc43)c2)c1.COCCn1cnc(-c2cccc(-n3ncc4c(N)ncnc43)c2)c1.Nc1ncnc2c1cnn2-c1ccc(NC(=O)c2ccccn2)cc1.Nc1ncnc2c1cnn2-c1cccc(NC(=O)Nc2ccsc2)c1.Nc1ncnc2c1cnn2-c1cccc(NS(=O)(=O)c2ccsc2)c1. The van der Waals surface area contributed by atoms with Crippen LogP contribution in [0.4, 0.5) is 56.6 Å². The van der Waals surface area contributed by atoms with Crippen LogP contribution in [0.5, 0.6) is 0 Å². The van der Waals surface area contributed by atoms with E-state index in [1.165, 1.54) is 72.1 Å². The van der Waals surface area contributed by atoms with E-state index in [9.17, 15) is 22.8 Å². The molecule has 0 aliphatic rings. The van der Waals surface area contributed by atoms with Gasteiger partial charge in [-0.3, -0.25) is 23.9 Å². The molecule has 15 heterocycles. The van der Waals surface area contributed by atoms with Gasteiger partial charge in [0.2, 0.25) is 5.91 Å². The number of carbonyl (C=O) groups excluding carboxylic acids is 3. The lowest BCUT2D eigenvalue weighted by atomic mass is 10.1. The highest BCUT2D eigenvalue weighted by atomic mass is 32.2. The zero-order valence-electron chi connectivity index (χ0n) is 65.1. The molecule has 0 saturated heterocycles. The van der Waals surface area contributed by atoms with Crippen molar-refractivity contribution in [2.75, 3.05) is 63.1 Å². The van der Waals surface area contributed by atoms with E-state index in [2.05, 4.69) is 111 Å². The number of rotatable bonds is 17. The zero-order valence-corrected chi connectivity index (χ0v) is 67.5. The van der Waals surface area contributed by atoms with Gasteiger partial charge in [-0.25, -0.2) is 96.4 Å². The summed E-state index contributed by atoms with van der Waals surface area (Å²) < 4.78 is 44.1. The molecule has 0 aliphatic heterocycles. The van der Waals surface area contributed by atoms with Gasteiger partial charge in [0.25, 0.3) is 15.9 Å². The summed E-state index contributed by atoms with van der Waals surface area (Å²) >= 11 is 2.84. The maximum atomic E-state index is 12.4. The van der Waals surface area contributed by atoms with Gasteiger partial charge in [0.05, 0.1) is 127 Å². The van der Waals surface area contributed by atoms with Crippen LogP contribution in [0.3, 0.4) is 0 Å². The summed E-state index contributed by atoms with van der Waals surface area (Å²) in [6.45, 7) is 2.90. The van der Waals surface area contributed by atoms with E-state index in [1.54, 1.807) is 164 Å². The number of hydrogen-bond donors (Lipinski definition) is 9. The molecule has 616 valence electrons. The van der Waals surface area contributed by atoms with Gasteiger partial charge < -0.3 is 53.9 Å². The Morgan fingerprint density at radius 2 is 0.863 bits per heavy atom. The van der Waals surface area contributed by atoms with Gasteiger partial charge in [0.1, 0.15) is 72.7 Å². The van der Waals surface area contributed by atoms with Crippen molar-refractivity contribution in [3.05, 3.63) is 273 Å². The van der Waals surface area contributed by atoms with Crippen molar-refractivity contribution in [3.8, 4) is 51.0 Å². The Balaban J connectivity index is 0.000000115. The molecule has 0 atom stereocenters. The predicted octanol–water partition coefficient (Wildman–Crippen LogP) is 11.2. The number of urea groups is 1. The van der Waals surface area contributed by atoms with Crippen molar-refractivity contribution in [3.63, 3.8) is 0 Å². The molecule has 43 heteroatoms. The number of ether oxygens (including phenoxy) is 1. The first-order valence-electron chi connectivity index (χ1n) is 37.0. The van der Waals surface area contributed by atoms with E-state index < -0.39 is 10.0 Å². The largest absolute Gasteiger partial charge is 0.383 e. The van der Waals surface area contributed by atoms with Gasteiger partial charge in [-0.1, -0.05) is 42.5 Å². The molecule has 40 nitrogen and oxygen atoms in total. The highest BCUT2D eigenvalue weighted by Crippen LogP contribution is 2.30. The molecule has 3 amide bonds. The Bertz CT molecular complexity index is 7330. The molecule has 124 heavy (non-hydrogen) atoms. The number of nitrogen functional groups attached to an aromatic ring is 5. The highest BCUT2D eigenvalue weighted by molar-refractivity contribution is 7.92. The predicted molar refractivity (Wildman–Crippen MR) is 470 cm³/mol. The minimum Gasteiger partial charge on any atom is -0.383 e. The fourth-order valence-corrected chi connectivity index (χ4v) is 15.0. The van der Waals surface area contributed by atoms with E-state index in [4.69, 9.17) is 33.4 Å². The van der Waals surface area contributed by atoms with Crippen LogP contribution in [0.15, 0.2) is 272 Å². The van der Waals surface area contributed by atoms with Crippen LogP contribution in [-0.2, 0) is 21.3 Å². The molecule has 20 aromatic rings. The first kappa shape index (κ1) is 80.7. The third kappa shape index (κ3) is 18.0. The lowest BCUT2D eigenvalue weighted by Crippen LogP contribution is -2.19. The number of sulfonamides is 1. The van der Waals surface area contributed by atoms with Crippen molar-refractivity contribution in [1.82, 2.24) is 123 Å². The van der Waals surface area contributed by atoms with Crippen molar-refractivity contribution >= 4 is 158 Å². The first-order valence-corrected chi connectivity index (χ1v) is 40.4. The average molecular weight is 1710 g/mol. The molecule has 0 bridgehead atoms. The molecule has 20 rings (SSSR count). The second-order valence-electron chi connectivity index (χ2n) is 26.5. The maximum absolute atomic E-state index is 12.4. The van der Waals surface area contributed by atoms with Crippen LogP contribution in [0.1, 0.15) is 22.2 Å². The Hall–Kier alpha value is -17.1. The molecule has 0 aliphatic carbocycles. The number of pyridine rings is 1. The lowest BCUT2D eigenvalue weighted by Gasteiger charge is -2.09. The fourth-order valence-electron chi connectivity index (χ4n) is 12.4. The summed E-state index contributed by atoms with van der Waals surface area (Å²) in [5, 5.41) is 40.5. The summed E-state index contributed by atoms with van der Waals surface area (Å²) in [6, 6.07) is 45.3. The summed E-state index contributed by atoms with van der Waals surface area (Å²) in [6.07, 6.45) is 23.7. The Morgan fingerprint density at radius 1 is 0.419 bits per heavy atom. The number of hydrogen-bond acceptors (Lipinski definition) is 31. The van der Waals surface area contributed by atoms with Gasteiger partial charge in [-0.05, 0) is 120 Å². The number of nitrogens with two attached hydrogens (primary N) is 5. The Morgan fingerprint density at radius 3 is 1.31 bits per heavy atom. The zero-order chi connectivity index (χ0) is 85.8. The quantitative estimate of drug-likeness (QED) is 0.0409. The van der Waals surface area contributed by atoms with Crippen LogP contribution in [0.25, 0.3) is 106 Å². The molecular formula is C81H68N34O6S3. The van der Waals surface area contributed by atoms with Crippen LogP contribution < -0.4 is 49.3 Å². The molecule has 0 fully saturated rings. The van der Waals surface area contributed by atoms with Crippen molar-refractivity contribution in [2.24, 2.45) is 0 Å². The van der Waals surface area contributed by atoms with Crippen molar-refractivity contribution in [1.29, 1.82) is 0 Å². The molecule has 0 unspecified atom stereocenters. The number of methoxy groups -OCH3 is 1. The van der Waals surface area contributed by atoms with E-state index in [0.717, 1.165) is 57.2 Å². The molecule has 5 aromatic carbocycles. The van der Waals surface area contributed by atoms with Crippen LogP contribution in [0.2, 0.25) is 0 Å². The first-order chi connectivity index (χ1) is 60.4. The molecule has 0 spiro atoms. The van der Waals surface area contributed by atoms with E-state index in [1.807, 2.05) is 100 Å². The Kier molecular flexibility index (Phi) is 23.5. The minimum absolute atomic E-state index is 0.0878. The topological polar surface area (TPSA) is 539 Å². The molecule has 14 N–H and O–H groups in total. The number of thiophene rings is 2. The molecular weight excluding hydrogens is 1640 g/mol. The van der Waals surface area contributed by atoms with E-state index >= 15 is 0 Å². The average Bonchev–Trinajstić information content (AvgIpc) is 1.66. The van der Waals surface area contributed by atoms with E-state index in [0.29, 0.717) is 120 Å². The van der Waals surface area contributed by atoms with E-state index in [-0.39, 0.29) is 22.7 Å². The number of fused-ring (bicyclic) bond motifs is 5. The number of carbonyl (C=O) groups is 3. The van der Waals surface area contributed by atoms with Gasteiger partial charge in [0.15, 0.2) is 28.2 Å². The van der Waals surface area contributed by atoms with Gasteiger partial charge in [0, 0.05) is 72.4 Å². The molecule has 0 saturated carbocycles. The fraction of sp³-hybridized carbons (Fsp3) is 0.0494. The number of aromatic nitrogens is 25. The number of anilines is 9. The smallest absolute Gasteiger partial charge is 0.323 e.